The minimum absolute atomic E-state index is 0.606. The molecular weight excluding hydrogens is 226 g/mol. The summed E-state index contributed by atoms with van der Waals surface area (Å²) in [6, 6.07) is 8.26. The zero-order valence-corrected chi connectivity index (χ0v) is 11.7. The minimum Gasteiger partial charge on any atom is -0.491 e. The van der Waals surface area contributed by atoms with E-state index in [4.69, 9.17) is 9.47 Å². The highest BCUT2D eigenvalue weighted by atomic mass is 16.5. The summed E-state index contributed by atoms with van der Waals surface area (Å²) < 4.78 is 10.7. The van der Waals surface area contributed by atoms with E-state index in [0.717, 1.165) is 25.3 Å². The fraction of sp³-hybridized carbons (Fsp3) is 0.600. The average molecular weight is 251 g/mol. The van der Waals surface area contributed by atoms with E-state index < -0.39 is 0 Å². The molecule has 1 aromatic rings. The molecule has 0 radical (unpaired) electrons. The molecule has 18 heavy (non-hydrogen) atoms. The third-order valence-corrected chi connectivity index (χ3v) is 2.83. The first-order chi connectivity index (χ1) is 8.77. The standard InChI is InChI=1S/C15H25NO2/c1-4-16-12-13(2)11-14-7-5-6-8-15(14)18-10-9-17-3/h5-8,13,16H,4,9-12H2,1-3H3. The predicted octanol–water partition coefficient (Wildman–Crippen LogP) is 2.50. The van der Waals surface area contributed by atoms with Crippen LogP contribution >= 0.6 is 0 Å². The lowest BCUT2D eigenvalue weighted by molar-refractivity contribution is 0.145. The Balaban J connectivity index is 2.52. The molecule has 102 valence electrons. The lowest BCUT2D eigenvalue weighted by Crippen LogP contribution is -2.22. The summed E-state index contributed by atoms with van der Waals surface area (Å²) in [6.45, 7) is 7.69. The molecule has 0 heterocycles. The van der Waals surface area contributed by atoms with Gasteiger partial charge in [0.2, 0.25) is 0 Å². The van der Waals surface area contributed by atoms with Crippen molar-refractivity contribution in [2.45, 2.75) is 20.3 Å². The average Bonchev–Trinajstić information content (AvgIpc) is 2.38. The first-order valence-electron chi connectivity index (χ1n) is 6.68. The van der Waals surface area contributed by atoms with Gasteiger partial charge in [-0.25, -0.2) is 0 Å². The van der Waals surface area contributed by atoms with Gasteiger partial charge >= 0.3 is 0 Å². The summed E-state index contributed by atoms with van der Waals surface area (Å²) >= 11 is 0. The predicted molar refractivity (Wildman–Crippen MR) is 75.2 cm³/mol. The van der Waals surface area contributed by atoms with Crippen LogP contribution in [0, 0.1) is 5.92 Å². The highest BCUT2D eigenvalue weighted by molar-refractivity contribution is 5.33. The molecule has 1 atom stereocenters. The lowest BCUT2D eigenvalue weighted by Gasteiger charge is -2.15. The Morgan fingerprint density at radius 3 is 2.72 bits per heavy atom. The van der Waals surface area contributed by atoms with Gasteiger partial charge in [0, 0.05) is 7.11 Å². The van der Waals surface area contributed by atoms with Crippen molar-refractivity contribution in [2.24, 2.45) is 5.92 Å². The summed E-state index contributed by atoms with van der Waals surface area (Å²) in [5.41, 5.74) is 1.28. The Morgan fingerprint density at radius 1 is 1.22 bits per heavy atom. The van der Waals surface area contributed by atoms with Gasteiger partial charge in [-0.15, -0.1) is 0 Å². The van der Waals surface area contributed by atoms with Crippen LogP contribution in [0.3, 0.4) is 0 Å². The van der Waals surface area contributed by atoms with Crippen molar-refractivity contribution in [3.05, 3.63) is 29.8 Å². The van der Waals surface area contributed by atoms with Crippen LogP contribution in [-0.2, 0) is 11.2 Å². The second-order valence-electron chi connectivity index (χ2n) is 4.57. The maximum Gasteiger partial charge on any atom is 0.122 e. The molecule has 1 unspecified atom stereocenters. The van der Waals surface area contributed by atoms with Crippen LogP contribution in [0.25, 0.3) is 0 Å². The van der Waals surface area contributed by atoms with Crippen molar-refractivity contribution in [1.82, 2.24) is 5.32 Å². The van der Waals surface area contributed by atoms with Crippen LogP contribution in [0.15, 0.2) is 24.3 Å². The lowest BCUT2D eigenvalue weighted by atomic mass is 10.0. The molecule has 1 rings (SSSR count). The van der Waals surface area contributed by atoms with E-state index in [9.17, 15) is 0 Å². The molecule has 0 amide bonds. The molecule has 0 saturated carbocycles. The van der Waals surface area contributed by atoms with Gasteiger partial charge in [-0.1, -0.05) is 32.0 Å². The number of rotatable bonds is 9. The Labute approximate surface area is 110 Å². The van der Waals surface area contributed by atoms with Crippen LogP contribution in [0.2, 0.25) is 0 Å². The van der Waals surface area contributed by atoms with Crippen molar-refractivity contribution in [2.75, 3.05) is 33.4 Å². The SMILES string of the molecule is CCNCC(C)Cc1ccccc1OCCOC. The minimum atomic E-state index is 0.606. The summed E-state index contributed by atoms with van der Waals surface area (Å²) in [6.07, 6.45) is 1.04. The first-order valence-corrected chi connectivity index (χ1v) is 6.68. The molecule has 0 saturated heterocycles. The second kappa shape index (κ2) is 8.95. The summed E-state index contributed by atoms with van der Waals surface area (Å²) in [5.74, 6) is 1.59. The van der Waals surface area contributed by atoms with E-state index in [1.54, 1.807) is 7.11 Å². The number of methoxy groups -OCH3 is 1. The third kappa shape index (κ3) is 5.52. The monoisotopic (exact) mass is 251 g/mol. The zero-order valence-electron chi connectivity index (χ0n) is 11.7. The largest absolute Gasteiger partial charge is 0.491 e. The van der Waals surface area contributed by atoms with E-state index in [1.807, 2.05) is 12.1 Å². The summed E-state index contributed by atoms with van der Waals surface area (Å²) in [5, 5.41) is 3.38. The summed E-state index contributed by atoms with van der Waals surface area (Å²) in [7, 11) is 1.69. The first kappa shape index (κ1) is 15.0. The Hall–Kier alpha value is -1.06. The van der Waals surface area contributed by atoms with Crippen molar-refractivity contribution in [3.8, 4) is 5.75 Å². The van der Waals surface area contributed by atoms with Gasteiger partial charge in [0.05, 0.1) is 6.61 Å². The van der Waals surface area contributed by atoms with Crippen LogP contribution in [0.5, 0.6) is 5.75 Å². The molecule has 0 aromatic heterocycles. The number of hydrogen-bond donors (Lipinski definition) is 1. The van der Waals surface area contributed by atoms with Gasteiger partial charge < -0.3 is 14.8 Å². The molecule has 0 aliphatic rings. The maximum absolute atomic E-state index is 5.74. The van der Waals surface area contributed by atoms with Crippen molar-refractivity contribution >= 4 is 0 Å². The number of hydrogen-bond acceptors (Lipinski definition) is 3. The van der Waals surface area contributed by atoms with Gasteiger partial charge in [0.25, 0.3) is 0 Å². The fourth-order valence-electron chi connectivity index (χ4n) is 1.89. The molecule has 0 bridgehead atoms. The van der Waals surface area contributed by atoms with Gasteiger partial charge in [0.15, 0.2) is 0 Å². The van der Waals surface area contributed by atoms with Crippen molar-refractivity contribution < 1.29 is 9.47 Å². The molecule has 3 nitrogen and oxygen atoms in total. The molecular formula is C15H25NO2. The Bertz CT molecular complexity index is 328. The van der Waals surface area contributed by atoms with Crippen LogP contribution < -0.4 is 10.1 Å². The van der Waals surface area contributed by atoms with Crippen LogP contribution in [0.1, 0.15) is 19.4 Å². The maximum atomic E-state index is 5.74. The molecule has 0 aliphatic heterocycles. The van der Waals surface area contributed by atoms with Gasteiger partial charge in [-0.05, 0) is 37.1 Å². The molecule has 1 aromatic carbocycles. The second-order valence-corrected chi connectivity index (χ2v) is 4.57. The smallest absolute Gasteiger partial charge is 0.122 e. The highest BCUT2D eigenvalue weighted by Crippen LogP contribution is 2.21. The molecule has 0 spiro atoms. The Kier molecular flexibility index (Phi) is 7.46. The quantitative estimate of drug-likeness (QED) is 0.684. The summed E-state index contributed by atoms with van der Waals surface area (Å²) in [4.78, 5) is 0. The Morgan fingerprint density at radius 2 is 2.00 bits per heavy atom. The number of benzene rings is 1. The number of nitrogens with one attached hydrogen (secondary N) is 1. The normalized spacial score (nSPS) is 12.4. The highest BCUT2D eigenvalue weighted by Gasteiger charge is 2.08. The van der Waals surface area contributed by atoms with E-state index in [0.29, 0.717) is 19.1 Å². The molecule has 1 N–H and O–H groups in total. The van der Waals surface area contributed by atoms with Crippen LogP contribution in [0.4, 0.5) is 0 Å². The number of para-hydroxylation sites is 1. The molecule has 3 heteroatoms. The molecule has 0 fully saturated rings. The van der Waals surface area contributed by atoms with Gasteiger partial charge in [-0.3, -0.25) is 0 Å². The topological polar surface area (TPSA) is 30.5 Å². The van der Waals surface area contributed by atoms with E-state index >= 15 is 0 Å². The van der Waals surface area contributed by atoms with E-state index in [1.165, 1.54) is 5.56 Å². The van der Waals surface area contributed by atoms with Gasteiger partial charge in [-0.2, -0.15) is 0 Å². The van der Waals surface area contributed by atoms with Crippen LogP contribution in [-0.4, -0.2) is 33.4 Å². The van der Waals surface area contributed by atoms with Crippen molar-refractivity contribution in [1.29, 1.82) is 0 Å². The third-order valence-electron chi connectivity index (χ3n) is 2.83. The zero-order chi connectivity index (χ0) is 13.2. The van der Waals surface area contributed by atoms with Crippen molar-refractivity contribution in [3.63, 3.8) is 0 Å². The molecule has 0 aliphatic carbocycles. The fourth-order valence-corrected chi connectivity index (χ4v) is 1.89. The van der Waals surface area contributed by atoms with E-state index in [2.05, 4.69) is 31.3 Å². The van der Waals surface area contributed by atoms with Gasteiger partial charge in [0.1, 0.15) is 12.4 Å². The number of ether oxygens (including phenoxy) is 2. The van der Waals surface area contributed by atoms with E-state index in [-0.39, 0.29) is 0 Å².